The van der Waals surface area contributed by atoms with Crippen LogP contribution in [0.1, 0.15) is 32.8 Å². The third kappa shape index (κ3) is 5.94. The molecule has 0 bridgehead atoms. The fourth-order valence-electron chi connectivity index (χ4n) is 2.59. The van der Waals surface area contributed by atoms with Crippen molar-refractivity contribution in [3.8, 4) is 11.5 Å². The van der Waals surface area contributed by atoms with E-state index < -0.39 is 0 Å². The van der Waals surface area contributed by atoms with Crippen LogP contribution in [-0.2, 0) is 6.42 Å². The van der Waals surface area contributed by atoms with Gasteiger partial charge in [-0.25, -0.2) is 0 Å². The zero-order valence-corrected chi connectivity index (χ0v) is 13.8. The number of nitrogens with one attached hydrogen (secondary N) is 1. The van der Waals surface area contributed by atoms with Crippen molar-refractivity contribution in [2.45, 2.75) is 45.7 Å². The van der Waals surface area contributed by atoms with Crippen molar-refractivity contribution >= 4 is 0 Å². The highest BCUT2D eigenvalue weighted by Gasteiger charge is 2.14. The molecular formula is C17H29NO3. The lowest BCUT2D eigenvalue weighted by atomic mass is 10.0. The zero-order valence-electron chi connectivity index (χ0n) is 13.8. The summed E-state index contributed by atoms with van der Waals surface area (Å²) >= 11 is 0. The first-order chi connectivity index (χ1) is 9.99. The van der Waals surface area contributed by atoms with Crippen LogP contribution in [0.25, 0.3) is 0 Å². The quantitative estimate of drug-likeness (QED) is 0.735. The number of aliphatic hydroxyl groups is 1. The van der Waals surface area contributed by atoms with Gasteiger partial charge in [0.2, 0.25) is 0 Å². The van der Waals surface area contributed by atoms with Crippen molar-refractivity contribution in [3.63, 3.8) is 0 Å². The van der Waals surface area contributed by atoms with Crippen LogP contribution in [0, 0.1) is 5.92 Å². The second kappa shape index (κ2) is 8.90. The van der Waals surface area contributed by atoms with Crippen molar-refractivity contribution in [3.05, 3.63) is 23.8 Å². The molecule has 120 valence electrons. The summed E-state index contributed by atoms with van der Waals surface area (Å²) in [6.45, 7) is 6.65. The first-order valence-corrected chi connectivity index (χ1v) is 7.57. The Morgan fingerprint density at radius 1 is 1.10 bits per heavy atom. The molecule has 0 fully saturated rings. The molecule has 1 aromatic carbocycles. The van der Waals surface area contributed by atoms with Crippen LogP contribution in [0.15, 0.2) is 18.2 Å². The van der Waals surface area contributed by atoms with E-state index in [-0.39, 0.29) is 12.6 Å². The van der Waals surface area contributed by atoms with Crippen LogP contribution in [0.2, 0.25) is 0 Å². The van der Waals surface area contributed by atoms with Gasteiger partial charge in [-0.3, -0.25) is 0 Å². The number of benzene rings is 1. The topological polar surface area (TPSA) is 50.7 Å². The third-order valence-corrected chi connectivity index (χ3v) is 3.49. The van der Waals surface area contributed by atoms with Gasteiger partial charge in [-0.2, -0.15) is 0 Å². The van der Waals surface area contributed by atoms with Gasteiger partial charge in [0.25, 0.3) is 0 Å². The molecule has 0 aromatic heterocycles. The van der Waals surface area contributed by atoms with E-state index in [4.69, 9.17) is 9.47 Å². The molecule has 0 heterocycles. The van der Waals surface area contributed by atoms with Gasteiger partial charge in [-0.05, 0) is 43.4 Å². The summed E-state index contributed by atoms with van der Waals surface area (Å²) < 4.78 is 10.6. The van der Waals surface area contributed by atoms with Gasteiger partial charge in [-0.15, -0.1) is 0 Å². The number of hydrogen-bond acceptors (Lipinski definition) is 4. The maximum atomic E-state index is 9.44. The number of ether oxygens (including phenoxy) is 2. The Balaban J connectivity index is 2.63. The Morgan fingerprint density at radius 3 is 2.29 bits per heavy atom. The van der Waals surface area contributed by atoms with Crippen LogP contribution < -0.4 is 14.8 Å². The zero-order chi connectivity index (χ0) is 15.8. The van der Waals surface area contributed by atoms with E-state index in [0.29, 0.717) is 12.0 Å². The normalized spacial score (nSPS) is 14.0. The van der Waals surface area contributed by atoms with Gasteiger partial charge in [0.15, 0.2) is 11.5 Å². The molecule has 1 aromatic rings. The minimum absolute atomic E-state index is 0.153. The number of methoxy groups -OCH3 is 2. The molecule has 0 spiro atoms. The molecule has 2 unspecified atom stereocenters. The van der Waals surface area contributed by atoms with Crippen molar-refractivity contribution in [1.82, 2.24) is 5.32 Å². The van der Waals surface area contributed by atoms with Crippen LogP contribution >= 0.6 is 0 Å². The van der Waals surface area contributed by atoms with E-state index >= 15 is 0 Å². The lowest BCUT2D eigenvalue weighted by molar-refractivity contribution is 0.214. The van der Waals surface area contributed by atoms with E-state index in [0.717, 1.165) is 24.3 Å². The summed E-state index contributed by atoms with van der Waals surface area (Å²) in [5, 5.41) is 12.9. The van der Waals surface area contributed by atoms with E-state index in [1.54, 1.807) is 14.2 Å². The molecule has 0 saturated heterocycles. The van der Waals surface area contributed by atoms with E-state index in [1.807, 2.05) is 12.1 Å². The second-order valence-electron chi connectivity index (χ2n) is 5.97. The first kappa shape index (κ1) is 17.8. The average Bonchev–Trinajstić information content (AvgIpc) is 2.45. The number of aliphatic hydroxyl groups excluding tert-OH is 1. The maximum absolute atomic E-state index is 9.44. The molecule has 1 rings (SSSR count). The first-order valence-electron chi connectivity index (χ1n) is 7.57. The number of hydrogen-bond donors (Lipinski definition) is 2. The van der Waals surface area contributed by atoms with Crippen LogP contribution in [0.5, 0.6) is 11.5 Å². The third-order valence-electron chi connectivity index (χ3n) is 3.49. The standard InChI is InChI=1S/C17H29NO3/c1-12(2)8-15(11-19)18-13(3)9-14-6-7-16(20-4)17(10-14)21-5/h6-7,10,12-13,15,18-19H,8-9,11H2,1-5H3. The molecule has 21 heavy (non-hydrogen) atoms. The smallest absolute Gasteiger partial charge is 0.160 e. The van der Waals surface area contributed by atoms with Gasteiger partial charge in [0.05, 0.1) is 20.8 Å². The van der Waals surface area contributed by atoms with E-state index in [9.17, 15) is 5.11 Å². The Bertz CT molecular complexity index is 420. The summed E-state index contributed by atoms with van der Waals surface area (Å²) in [7, 11) is 3.28. The molecule has 0 aliphatic carbocycles. The van der Waals surface area contributed by atoms with E-state index in [2.05, 4.69) is 32.2 Å². The average molecular weight is 295 g/mol. The van der Waals surface area contributed by atoms with Crippen LogP contribution in [0.3, 0.4) is 0 Å². The lowest BCUT2D eigenvalue weighted by Crippen LogP contribution is -2.40. The van der Waals surface area contributed by atoms with Gasteiger partial charge in [0.1, 0.15) is 0 Å². The molecule has 0 aliphatic rings. The fraction of sp³-hybridized carbons (Fsp3) is 0.647. The minimum Gasteiger partial charge on any atom is -0.493 e. The number of rotatable bonds is 9. The molecule has 4 nitrogen and oxygen atoms in total. The Morgan fingerprint density at radius 2 is 1.76 bits per heavy atom. The lowest BCUT2D eigenvalue weighted by Gasteiger charge is -2.23. The molecule has 0 radical (unpaired) electrons. The highest BCUT2D eigenvalue weighted by atomic mass is 16.5. The molecule has 0 saturated carbocycles. The molecule has 0 aliphatic heterocycles. The molecule has 0 amide bonds. The predicted molar refractivity (Wildman–Crippen MR) is 86.2 cm³/mol. The van der Waals surface area contributed by atoms with Crippen LogP contribution in [0.4, 0.5) is 0 Å². The molecular weight excluding hydrogens is 266 g/mol. The predicted octanol–water partition coefficient (Wildman–Crippen LogP) is 2.63. The Hall–Kier alpha value is -1.26. The van der Waals surface area contributed by atoms with Crippen molar-refractivity contribution < 1.29 is 14.6 Å². The molecule has 2 atom stereocenters. The van der Waals surface area contributed by atoms with Gasteiger partial charge in [-0.1, -0.05) is 19.9 Å². The highest BCUT2D eigenvalue weighted by Crippen LogP contribution is 2.28. The monoisotopic (exact) mass is 295 g/mol. The molecule has 2 N–H and O–H groups in total. The van der Waals surface area contributed by atoms with Gasteiger partial charge in [0, 0.05) is 12.1 Å². The molecule has 4 heteroatoms. The Labute approximate surface area is 128 Å². The van der Waals surface area contributed by atoms with Crippen molar-refractivity contribution in [1.29, 1.82) is 0 Å². The van der Waals surface area contributed by atoms with Crippen molar-refractivity contribution in [2.24, 2.45) is 5.92 Å². The Kier molecular flexibility index (Phi) is 7.54. The van der Waals surface area contributed by atoms with Gasteiger partial charge < -0.3 is 19.9 Å². The largest absolute Gasteiger partial charge is 0.493 e. The second-order valence-corrected chi connectivity index (χ2v) is 5.97. The van der Waals surface area contributed by atoms with Crippen LogP contribution in [-0.4, -0.2) is 38.0 Å². The summed E-state index contributed by atoms with van der Waals surface area (Å²) in [5.41, 5.74) is 1.19. The SMILES string of the molecule is COc1ccc(CC(C)NC(CO)CC(C)C)cc1OC. The van der Waals surface area contributed by atoms with Gasteiger partial charge >= 0.3 is 0 Å². The maximum Gasteiger partial charge on any atom is 0.160 e. The summed E-state index contributed by atoms with van der Waals surface area (Å²) in [4.78, 5) is 0. The summed E-state index contributed by atoms with van der Waals surface area (Å²) in [6, 6.07) is 6.43. The van der Waals surface area contributed by atoms with Crippen molar-refractivity contribution in [2.75, 3.05) is 20.8 Å². The summed E-state index contributed by atoms with van der Waals surface area (Å²) in [5.74, 6) is 2.07. The highest BCUT2D eigenvalue weighted by molar-refractivity contribution is 5.43. The fourth-order valence-corrected chi connectivity index (χ4v) is 2.59. The van der Waals surface area contributed by atoms with E-state index in [1.165, 1.54) is 5.56 Å². The minimum atomic E-state index is 0.153. The summed E-state index contributed by atoms with van der Waals surface area (Å²) in [6.07, 6.45) is 1.86.